The Balaban J connectivity index is 1.89. The van der Waals surface area contributed by atoms with Gasteiger partial charge in [-0.05, 0) is 43.4 Å². The number of nitrogens with one attached hydrogen (secondary N) is 1. The van der Waals surface area contributed by atoms with Gasteiger partial charge in [0.15, 0.2) is 11.6 Å². The van der Waals surface area contributed by atoms with Crippen LogP contribution in [0.15, 0.2) is 18.2 Å². The van der Waals surface area contributed by atoms with Crippen LogP contribution in [0.4, 0.5) is 8.78 Å². The molecule has 2 nitrogen and oxygen atoms in total. The van der Waals surface area contributed by atoms with E-state index in [4.69, 9.17) is 0 Å². The molecule has 4 heteroatoms. The lowest BCUT2D eigenvalue weighted by atomic mass is 9.86. The van der Waals surface area contributed by atoms with Gasteiger partial charge in [-0.1, -0.05) is 18.9 Å². The Kier molecular flexibility index (Phi) is 4.88. The summed E-state index contributed by atoms with van der Waals surface area (Å²) in [6.07, 6.45) is 3.91. The van der Waals surface area contributed by atoms with Gasteiger partial charge in [-0.15, -0.1) is 0 Å². The molecule has 0 aromatic heterocycles. The van der Waals surface area contributed by atoms with E-state index in [0.717, 1.165) is 37.3 Å². The fourth-order valence-corrected chi connectivity index (χ4v) is 2.65. The predicted octanol–water partition coefficient (Wildman–Crippen LogP) is 3.17. The molecule has 2 N–H and O–H groups in total. The van der Waals surface area contributed by atoms with Crippen molar-refractivity contribution in [2.75, 3.05) is 6.54 Å². The molecule has 0 spiro atoms. The van der Waals surface area contributed by atoms with Crippen LogP contribution in [0.1, 0.15) is 44.2 Å². The van der Waals surface area contributed by atoms with Crippen molar-refractivity contribution in [3.05, 3.63) is 35.4 Å². The highest BCUT2D eigenvalue weighted by Gasteiger charge is 2.23. The molecule has 1 aromatic rings. The number of aliphatic hydroxyl groups is 1. The summed E-state index contributed by atoms with van der Waals surface area (Å²) < 4.78 is 26.0. The zero-order valence-corrected chi connectivity index (χ0v) is 11.2. The third-order valence-electron chi connectivity index (χ3n) is 4.00. The molecule has 1 saturated carbocycles. The molecule has 19 heavy (non-hydrogen) atoms. The number of aliphatic hydroxyl groups excluding tert-OH is 1. The van der Waals surface area contributed by atoms with E-state index in [1.807, 2.05) is 6.92 Å². The average Bonchev–Trinajstić information content (AvgIpc) is 2.40. The SMILES string of the molecule is CC(NCC1CCCCC1O)c1ccc(F)c(F)c1. The fourth-order valence-electron chi connectivity index (χ4n) is 2.65. The van der Waals surface area contributed by atoms with E-state index in [1.54, 1.807) is 6.07 Å². The van der Waals surface area contributed by atoms with Crippen LogP contribution in [0.25, 0.3) is 0 Å². The minimum atomic E-state index is -0.821. The van der Waals surface area contributed by atoms with Crippen LogP contribution >= 0.6 is 0 Å². The molecule has 3 unspecified atom stereocenters. The van der Waals surface area contributed by atoms with Gasteiger partial charge in [-0.3, -0.25) is 0 Å². The van der Waals surface area contributed by atoms with Gasteiger partial charge in [-0.2, -0.15) is 0 Å². The predicted molar refractivity (Wildman–Crippen MR) is 70.7 cm³/mol. The zero-order valence-electron chi connectivity index (χ0n) is 11.2. The van der Waals surface area contributed by atoms with Crippen molar-refractivity contribution in [2.24, 2.45) is 5.92 Å². The van der Waals surface area contributed by atoms with Gasteiger partial charge >= 0.3 is 0 Å². The molecule has 1 fully saturated rings. The van der Waals surface area contributed by atoms with E-state index in [1.165, 1.54) is 6.07 Å². The van der Waals surface area contributed by atoms with E-state index in [2.05, 4.69) is 5.32 Å². The molecule has 1 aliphatic rings. The summed E-state index contributed by atoms with van der Waals surface area (Å²) in [5, 5.41) is 13.2. The smallest absolute Gasteiger partial charge is 0.159 e. The van der Waals surface area contributed by atoms with Crippen molar-refractivity contribution in [3.63, 3.8) is 0 Å². The number of rotatable bonds is 4. The van der Waals surface area contributed by atoms with E-state index in [0.29, 0.717) is 6.54 Å². The van der Waals surface area contributed by atoms with Crippen molar-refractivity contribution in [1.29, 1.82) is 0 Å². The topological polar surface area (TPSA) is 32.3 Å². The maximum Gasteiger partial charge on any atom is 0.159 e. The number of hydrogen-bond acceptors (Lipinski definition) is 2. The van der Waals surface area contributed by atoms with Gasteiger partial charge in [-0.25, -0.2) is 8.78 Å². The summed E-state index contributed by atoms with van der Waals surface area (Å²) >= 11 is 0. The van der Waals surface area contributed by atoms with Gasteiger partial charge < -0.3 is 10.4 Å². The highest BCUT2D eigenvalue weighted by atomic mass is 19.2. The van der Waals surface area contributed by atoms with Crippen molar-refractivity contribution in [3.8, 4) is 0 Å². The Morgan fingerprint density at radius 1 is 1.26 bits per heavy atom. The molecule has 106 valence electrons. The van der Waals surface area contributed by atoms with E-state index in [9.17, 15) is 13.9 Å². The maximum atomic E-state index is 13.2. The van der Waals surface area contributed by atoms with E-state index in [-0.39, 0.29) is 18.1 Å². The van der Waals surface area contributed by atoms with Crippen molar-refractivity contribution in [2.45, 2.75) is 44.8 Å². The van der Waals surface area contributed by atoms with Gasteiger partial charge in [0, 0.05) is 12.6 Å². The molecule has 0 amide bonds. The number of benzene rings is 1. The van der Waals surface area contributed by atoms with E-state index >= 15 is 0 Å². The summed E-state index contributed by atoms with van der Waals surface area (Å²) in [4.78, 5) is 0. The molecule has 1 aromatic carbocycles. The van der Waals surface area contributed by atoms with Gasteiger partial charge in [0.2, 0.25) is 0 Å². The van der Waals surface area contributed by atoms with E-state index < -0.39 is 11.6 Å². The maximum absolute atomic E-state index is 13.2. The first-order chi connectivity index (χ1) is 9.08. The summed E-state index contributed by atoms with van der Waals surface area (Å²) in [7, 11) is 0. The molecule has 0 saturated heterocycles. The molecule has 0 aliphatic heterocycles. The molecular weight excluding hydrogens is 248 g/mol. The van der Waals surface area contributed by atoms with Crippen LogP contribution in [0.3, 0.4) is 0 Å². The first-order valence-electron chi connectivity index (χ1n) is 6.94. The minimum absolute atomic E-state index is 0.0516. The Hall–Kier alpha value is -1.00. The normalized spacial score (nSPS) is 25.3. The third-order valence-corrected chi connectivity index (χ3v) is 4.00. The van der Waals surface area contributed by atoms with Crippen molar-refractivity contribution in [1.82, 2.24) is 5.32 Å². The Bertz CT molecular complexity index is 425. The Labute approximate surface area is 112 Å². The summed E-state index contributed by atoms with van der Waals surface area (Å²) in [5.74, 6) is -1.37. The third kappa shape index (κ3) is 3.74. The standard InChI is InChI=1S/C15H21F2NO/c1-10(11-6-7-13(16)14(17)8-11)18-9-12-4-2-3-5-15(12)19/h6-8,10,12,15,18-19H,2-5,9H2,1H3. The van der Waals surface area contributed by atoms with Gasteiger partial charge in [0.1, 0.15) is 0 Å². The highest BCUT2D eigenvalue weighted by molar-refractivity contribution is 5.20. The second kappa shape index (κ2) is 6.44. The van der Waals surface area contributed by atoms with Gasteiger partial charge in [0.05, 0.1) is 6.10 Å². The lowest BCUT2D eigenvalue weighted by Crippen LogP contribution is -2.34. The number of halogens is 2. The Morgan fingerprint density at radius 2 is 2.00 bits per heavy atom. The first-order valence-corrected chi connectivity index (χ1v) is 6.94. The molecule has 1 aliphatic carbocycles. The highest BCUT2D eigenvalue weighted by Crippen LogP contribution is 2.24. The molecule has 0 radical (unpaired) electrons. The molecule has 2 rings (SSSR count). The van der Waals surface area contributed by atoms with Crippen molar-refractivity contribution >= 4 is 0 Å². The minimum Gasteiger partial charge on any atom is -0.393 e. The molecule has 0 heterocycles. The summed E-state index contributed by atoms with van der Waals surface area (Å²) in [5.41, 5.74) is 0.726. The Morgan fingerprint density at radius 3 is 2.68 bits per heavy atom. The van der Waals surface area contributed by atoms with Crippen LogP contribution in [-0.2, 0) is 0 Å². The van der Waals surface area contributed by atoms with Crippen LogP contribution in [0, 0.1) is 17.6 Å². The molecule has 0 bridgehead atoms. The second-order valence-electron chi connectivity index (χ2n) is 5.42. The monoisotopic (exact) mass is 269 g/mol. The largest absolute Gasteiger partial charge is 0.393 e. The quantitative estimate of drug-likeness (QED) is 0.880. The second-order valence-corrected chi connectivity index (χ2v) is 5.42. The first kappa shape index (κ1) is 14.4. The number of hydrogen-bond donors (Lipinski definition) is 2. The van der Waals surface area contributed by atoms with Crippen LogP contribution < -0.4 is 5.32 Å². The average molecular weight is 269 g/mol. The fraction of sp³-hybridized carbons (Fsp3) is 0.600. The molecular formula is C15H21F2NO. The van der Waals surface area contributed by atoms with Crippen LogP contribution in [-0.4, -0.2) is 17.8 Å². The summed E-state index contributed by atoms with van der Waals surface area (Å²) in [6, 6.07) is 3.92. The molecule has 3 atom stereocenters. The van der Waals surface area contributed by atoms with Crippen molar-refractivity contribution < 1.29 is 13.9 Å². The zero-order chi connectivity index (χ0) is 13.8. The van der Waals surface area contributed by atoms with Crippen LogP contribution in [0.2, 0.25) is 0 Å². The van der Waals surface area contributed by atoms with Crippen LogP contribution in [0.5, 0.6) is 0 Å². The summed E-state index contributed by atoms with van der Waals surface area (Å²) in [6.45, 7) is 2.63. The van der Waals surface area contributed by atoms with Gasteiger partial charge in [0.25, 0.3) is 0 Å². The lowest BCUT2D eigenvalue weighted by Gasteiger charge is -2.29. The lowest BCUT2D eigenvalue weighted by molar-refractivity contribution is 0.0684.